The standard InChI is InChI=1S/C19H19ClFNO/c1-4-22-13-6-8-15-16(11-19(2,3)23-18(15)10-13)14-7-5-12(20)9-17(14)21/h5-11,22H,4H2,1-3H3. The van der Waals surface area contributed by atoms with Crippen molar-refractivity contribution in [3.8, 4) is 5.75 Å². The molecule has 2 aromatic carbocycles. The number of ether oxygens (including phenoxy) is 1. The zero-order valence-corrected chi connectivity index (χ0v) is 14.2. The van der Waals surface area contributed by atoms with Gasteiger partial charge < -0.3 is 10.1 Å². The monoisotopic (exact) mass is 331 g/mol. The number of hydrogen-bond acceptors (Lipinski definition) is 2. The van der Waals surface area contributed by atoms with E-state index >= 15 is 0 Å². The lowest BCUT2D eigenvalue weighted by molar-refractivity contribution is 0.158. The molecule has 1 heterocycles. The minimum Gasteiger partial charge on any atom is -0.483 e. The number of halogens is 2. The third kappa shape index (κ3) is 3.20. The summed E-state index contributed by atoms with van der Waals surface area (Å²) in [5.41, 5.74) is 2.71. The lowest BCUT2D eigenvalue weighted by atomic mass is 9.89. The van der Waals surface area contributed by atoms with E-state index < -0.39 is 5.60 Å². The van der Waals surface area contributed by atoms with Gasteiger partial charge >= 0.3 is 0 Å². The van der Waals surface area contributed by atoms with E-state index in [0.717, 1.165) is 29.1 Å². The van der Waals surface area contributed by atoms with Crippen LogP contribution in [0.1, 0.15) is 31.9 Å². The SMILES string of the molecule is CCNc1ccc2c(c1)OC(C)(C)C=C2c1ccc(Cl)cc1F. The van der Waals surface area contributed by atoms with Crippen molar-refractivity contribution >= 4 is 22.9 Å². The smallest absolute Gasteiger partial charge is 0.132 e. The summed E-state index contributed by atoms with van der Waals surface area (Å²) in [6.07, 6.45) is 1.95. The van der Waals surface area contributed by atoms with Crippen molar-refractivity contribution in [2.24, 2.45) is 0 Å². The van der Waals surface area contributed by atoms with E-state index in [4.69, 9.17) is 16.3 Å². The summed E-state index contributed by atoms with van der Waals surface area (Å²) in [6.45, 7) is 6.79. The topological polar surface area (TPSA) is 21.3 Å². The second-order valence-electron chi connectivity index (χ2n) is 6.13. The van der Waals surface area contributed by atoms with E-state index in [0.29, 0.717) is 10.6 Å². The summed E-state index contributed by atoms with van der Waals surface area (Å²) in [6, 6.07) is 10.7. The number of nitrogens with one attached hydrogen (secondary N) is 1. The molecular formula is C19H19ClFNO. The Balaban J connectivity index is 2.15. The Morgan fingerprint density at radius 3 is 2.57 bits per heavy atom. The van der Waals surface area contributed by atoms with Crippen molar-refractivity contribution in [1.82, 2.24) is 0 Å². The predicted molar refractivity (Wildman–Crippen MR) is 93.8 cm³/mol. The molecule has 0 amide bonds. The van der Waals surface area contributed by atoms with E-state index in [1.54, 1.807) is 12.1 Å². The molecule has 0 bridgehead atoms. The van der Waals surface area contributed by atoms with Gasteiger partial charge in [0.1, 0.15) is 17.2 Å². The van der Waals surface area contributed by atoms with Crippen molar-refractivity contribution in [1.29, 1.82) is 0 Å². The summed E-state index contributed by atoms with van der Waals surface area (Å²) < 4.78 is 20.5. The lowest BCUT2D eigenvalue weighted by Gasteiger charge is -2.31. The summed E-state index contributed by atoms with van der Waals surface area (Å²) in [4.78, 5) is 0. The molecule has 1 N–H and O–H groups in total. The summed E-state index contributed by atoms with van der Waals surface area (Å²) >= 11 is 5.88. The molecule has 120 valence electrons. The van der Waals surface area contributed by atoms with E-state index in [2.05, 4.69) is 5.32 Å². The van der Waals surface area contributed by atoms with Crippen LogP contribution in [0.3, 0.4) is 0 Å². The molecule has 1 aliphatic heterocycles. The molecule has 4 heteroatoms. The molecule has 0 saturated heterocycles. The molecule has 0 fully saturated rings. The minimum atomic E-state index is -0.515. The zero-order chi connectivity index (χ0) is 16.6. The van der Waals surface area contributed by atoms with Crippen LogP contribution in [0.15, 0.2) is 42.5 Å². The minimum absolute atomic E-state index is 0.330. The summed E-state index contributed by atoms with van der Waals surface area (Å²) in [5.74, 6) is 0.420. The molecule has 0 radical (unpaired) electrons. The van der Waals surface area contributed by atoms with Crippen LogP contribution in [0, 0.1) is 5.82 Å². The fourth-order valence-electron chi connectivity index (χ4n) is 2.81. The van der Waals surface area contributed by atoms with Crippen LogP contribution in [0.4, 0.5) is 10.1 Å². The van der Waals surface area contributed by atoms with Crippen LogP contribution >= 0.6 is 11.6 Å². The molecule has 0 spiro atoms. The molecule has 0 saturated carbocycles. The number of benzene rings is 2. The normalized spacial score (nSPS) is 15.4. The Bertz CT molecular complexity index is 783. The molecule has 0 unspecified atom stereocenters. The quantitative estimate of drug-likeness (QED) is 0.800. The Kier molecular flexibility index (Phi) is 4.07. The van der Waals surface area contributed by atoms with Gasteiger partial charge in [-0.1, -0.05) is 11.6 Å². The molecule has 2 nitrogen and oxygen atoms in total. The van der Waals surface area contributed by atoms with E-state index in [1.165, 1.54) is 6.07 Å². The van der Waals surface area contributed by atoms with Crippen molar-refractivity contribution in [2.45, 2.75) is 26.4 Å². The maximum atomic E-state index is 14.4. The fourth-order valence-corrected chi connectivity index (χ4v) is 2.97. The number of fused-ring (bicyclic) bond motifs is 1. The highest BCUT2D eigenvalue weighted by atomic mass is 35.5. The third-order valence-corrected chi connectivity index (χ3v) is 3.97. The Labute approximate surface area is 140 Å². The molecule has 3 rings (SSSR count). The number of anilines is 1. The fraction of sp³-hybridized carbons (Fsp3) is 0.263. The van der Waals surface area contributed by atoms with Gasteiger partial charge in [-0.15, -0.1) is 0 Å². The van der Waals surface area contributed by atoms with Crippen LogP contribution in [-0.2, 0) is 0 Å². The van der Waals surface area contributed by atoms with Crippen molar-refractivity contribution < 1.29 is 9.13 Å². The molecule has 23 heavy (non-hydrogen) atoms. The molecule has 0 atom stereocenters. The van der Waals surface area contributed by atoms with Crippen molar-refractivity contribution in [3.05, 3.63) is 64.4 Å². The maximum Gasteiger partial charge on any atom is 0.132 e. The van der Waals surface area contributed by atoms with Gasteiger partial charge in [0.15, 0.2) is 0 Å². The lowest BCUT2D eigenvalue weighted by Crippen LogP contribution is -2.29. The van der Waals surface area contributed by atoms with Gasteiger partial charge in [-0.2, -0.15) is 0 Å². The summed E-state index contributed by atoms with van der Waals surface area (Å²) in [7, 11) is 0. The molecule has 2 aromatic rings. The van der Waals surface area contributed by atoms with Gasteiger partial charge in [0.25, 0.3) is 0 Å². The van der Waals surface area contributed by atoms with E-state index in [-0.39, 0.29) is 5.82 Å². The second-order valence-corrected chi connectivity index (χ2v) is 6.57. The van der Waals surface area contributed by atoms with Crippen molar-refractivity contribution in [2.75, 3.05) is 11.9 Å². The average Bonchev–Trinajstić information content (AvgIpc) is 2.45. The first kappa shape index (κ1) is 15.9. The average molecular weight is 332 g/mol. The van der Waals surface area contributed by atoms with E-state index in [9.17, 15) is 4.39 Å². The molecular weight excluding hydrogens is 313 g/mol. The van der Waals surface area contributed by atoms with Gasteiger partial charge in [0.05, 0.1) is 0 Å². The van der Waals surface area contributed by atoms with Gasteiger partial charge in [-0.3, -0.25) is 0 Å². The molecule has 1 aliphatic rings. The number of hydrogen-bond donors (Lipinski definition) is 1. The first-order chi connectivity index (χ1) is 10.9. The molecule has 0 aromatic heterocycles. The van der Waals surface area contributed by atoms with Gasteiger partial charge in [-0.05, 0) is 62.8 Å². The predicted octanol–water partition coefficient (Wildman–Crippen LogP) is 5.51. The number of rotatable bonds is 3. The Morgan fingerprint density at radius 2 is 1.87 bits per heavy atom. The van der Waals surface area contributed by atoms with Crippen LogP contribution in [0.5, 0.6) is 5.75 Å². The highest BCUT2D eigenvalue weighted by Gasteiger charge is 2.28. The highest BCUT2D eigenvalue weighted by Crippen LogP contribution is 2.41. The summed E-state index contributed by atoms with van der Waals surface area (Å²) in [5, 5.41) is 3.66. The first-order valence-electron chi connectivity index (χ1n) is 7.65. The zero-order valence-electron chi connectivity index (χ0n) is 13.4. The van der Waals surface area contributed by atoms with Crippen LogP contribution in [-0.4, -0.2) is 12.1 Å². The van der Waals surface area contributed by atoms with Crippen LogP contribution in [0.25, 0.3) is 5.57 Å². The Morgan fingerprint density at radius 1 is 1.13 bits per heavy atom. The van der Waals surface area contributed by atoms with Gasteiger partial charge in [-0.25, -0.2) is 4.39 Å². The van der Waals surface area contributed by atoms with Gasteiger partial charge in [0, 0.05) is 34.4 Å². The highest BCUT2D eigenvalue weighted by molar-refractivity contribution is 6.30. The maximum absolute atomic E-state index is 14.4. The largest absolute Gasteiger partial charge is 0.483 e. The third-order valence-electron chi connectivity index (χ3n) is 3.74. The Hall–Kier alpha value is -2.00. The van der Waals surface area contributed by atoms with Crippen molar-refractivity contribution in [3.63, 3.8) is 0 Å². The second kappa shape index (κ2) is 5.89. The first-order valence-corrected chi connectivity index (χ1v) is 8.03. The van der Waals surface area contributed by atoms with Crippen LogP contribution in [0.2, 0.25) is 5.02 Å². The van der Waals surface area contributed by atoms with E-state index in [1.807, 2.05) is 45.0 Å². The molecule has 0 aliphatic carbocycles. The van der Waals surface area contributed by atoms with Gasteiger partial charge in [0.2, 0.25) is 0 Å². The van der Waals surface area contributed by atoms with Crippen LogP contribution < -0.4 is 10.1 Å².